The first-order chi connectivity index (χ1) is 8.59. The van der Waals surface area contributed by atoms with Gasteiger partial charge < -0.3 is 10.8 Å². The minimum Gasteiger partial charge on any atom is -0.391 e. The summed E-state index contributed by atoms with van der Waals surface area (Å²) in [6, 6.07) is 8.15. The third-order valence-electron chi connectivity index (χ3n) is 4.24. The third-order valence-corrected chi connectivity index (χ3v) is 4.24. The van der Waals surface area contributed by atoms with Gasteiger partial charge in [0.05, 0.1) is 12.1 Å². The highest BCUT2D eigenvalue weighted by Gasteiger charge is 2.28. The van der Waals surface area contributed by atoms with Crippen LogP contribution in [0.25, 0.3) is 0 Å². The van der Waals surface area contributed by atoms with Gasteiger partial charge in [0.15, 0.2) is 0 Å². The van der Waals surface area contributed by atoms with Crippen LogP contribution in [0.2, 0.25) is 0 Å². The van der Waals surface area contributed by atoms with Gasteiger partial charge in [-0.2, -0.15) is 0 Å². The minimum absolute atomic E-state index is 0.241. The molecule has 100 valence electrons. The number of hydrogen-bond acceptors (Lipinski definition) is 2. The Hall–Kier alpha value is -0.860. The fourth-order valence-electron chi connectivity index (χ4n) is 2.89. The molecular formula is C16H25NO. The summed E-state index contributed by atoms with van der Waals surface area (Å²) in [6.07, 6.45) is 4.33. The first kappa shape index (κ1) is 13.6. The zero-order valence-corrected chi connectivity index (χ0v) is 11.5. The van der Waals surface area contributed by atoms with E-state index in [9.17, 15) is 5.11 Å². The lowest BCUT2D eigenvalue weighted by Crippen LogP contribution is -2.31. The molecule has 0 aliphatic heterocycles. The average Bonchev–Trinajstić information content (AvgIpc) is 2.91. The first-order valence-corrected chi connectivity index (χ1v) is 7.13. The van der Waals surface area contributed by atoms with E-state index < -0.39 is 6.10 Å². The van der Waals surface area contributed by atoms with Crippen LogP contribution in [0, 0.1) is 5.92 Å². The molecule has 0 spiro atoms. The number of hydrogen-bond donors (Lipinski definition) is 2. The Morgan fingerprint density at radius 2 is 1.56 bits per heavy atom. The summed E-state index contributed by atoms with van der Waals surface area (Å²) in [5, 5.41) is 10.3. The minimum atomic E-state index is -0.391. The maximum Gasteiger partial charge on any atom is 0.0760 e. The van der Waals surface area contributed by atoms with Gasteiger partial charge in [0.25, 0.3) is 0 Å². The smallest absolute Gasteiger partial charge is 0.0760 e. The predicted molar refractivity (Wildman–Crippen MR) is 75.4 cm³/mol. The maximum atomic E-state index is 10.3. The highest BCUT2D eigenvalue weighted by atomic mass is 16.3. The summed E-state index contributed by atoms with van der Waals surface area (Å²) < 4.78 is 0. The molecule has 0 saturated heterocycles. The van der Waals surface area contributed by atoms with Gasteiger partial charge in [-0.1, -0.05) is 51.0 Å². The molecule has 0 unspecified atom stereocenters. The Bertz CT molecular complexity index is 365. The van der Waals surface area contributed by atoms with E-state index in [0.717, 1.165) is 18.4 Å². The summed E-state index contributed by atoms with van der Waals surface area (Å²) in [4.78, 5) is 0. The van der Waals surface area contributed by atoms with Crippen LogP contribution in [0.3, 0.4) is 0 Å². The van der Waals surface area contributed by atoms with Crippen molar-refractivity contribution in [2.45, 2.75) is 57.6 Å². The molecule has 0 radical (unpaired) electrons. The van der Waals surface area contributed by atoms with Crippen LogP contribution in [0.5, 0.6) is 0 Å². The standard InChI is InChI=1S/C16H25NO/c1-11(2)12-7-9-13(10-8-12)15(17)16(18)14-5-3-4-6-14/h7-11,14-16,18H,3-6,17H2,1-2H3/t15-,16+/m1/s1. The van der Waals surface area contributed by atoms with E-state index in [-0.39, 0.29) is 6.04 Å². The average molecular weight is 247 g/mol. The van der Waals surface area contributed by atoms with Gasteiger partial charge in [-0.05, 0) is 35.8 Å². The van der Waals surface area contributed by atoms with Gasteiger partial charge in [-0.25, -0.2) is 0 Å². The number of nitrogens with two attached hydrogens (primary N) is 1. The molecule has 18 heavy (non-hydrogen) atoms. The third kappa shape index (κ3) is 2.93. The lowest BCUT2D eigenvalue weighted by Gasteiger charge is -2.24. The van der Waals surface area contributed by atoms with E-state index in [1.165, 1.54) is 18.4 Å². The SMILES string of the molecule is CC(C)c1ccc([C@@H](N)[C@@H](O)C2CCCC2)cc1. The lowest BCUT2D eigenvalue weighted by atomic mass is 9.90. The maximum absolute atomic E-state index is 10.3. The van der Waals surface area contributed by atoms with Crippen molar-refractivity contribution in [2.75, 3.05) is 0 Å². The van der Waals surface area contributed by atoms with Crippen molar-refractivity contribution in [2.24, 2.45) is 11.7 Å². The van der Waals surface area contributed by atoms with Crippen molar-refractivity contribution in [3.05, 3.63) is 35.4 Å². The molecule has 2 rings (SSSR count). The van der Waals surface area contributed by atoms with E-state index in [0.29, 0.717) is 11.8 Å². The van der Waals surface area contributed by atoms with Crippen LogP contribution in [0.15, 0.2) is 24.3 Å². The number of aliphatic hydroxyl groups is 1. The highest BCUT2D eigenvalue weighted by molar-refractivity contribution is 5.27. The van der Waals surface area contributed by atoms with Gasteiger partial charge in [0, 0.05) is 0 Å². The molecule has 2 atom stereocenters. The molecule has 0 aromatic heterocycles. The predicted octanol–water partition coefficient (Wildman–Crippen LogP) is 3.36. The van der Waals surface area contributed by atoms with Crippen LogP contribution in [0.1, 0.15) is 62.6 Å². The number of aliphatic hydroxyl groups excluding tert-OH is 1. The summed E-state index contributed by atoms with van der Waals surface area (Å²) in [5.41, 5.74) is 8.57. The zero-order chi connectivity index (χ0) is 13.1. The molecule has 1 fully saturated rings. The van der Waals surface area contributed by atoms with E-state index in [4.69, 9.17) is 5.73 Å². The number of rotatable bonds is 4. The zero-order valence-electron chi connectivity index (χ0n) is 11.5. The summed E-state index contributed by atoms with van der Waals surface area (Å²) in [5.74, 6) is 0.930. The topological polar surface area (TPSA) is 46.2 Å². The van der Waals surface area contributed by atoms with Gasteiger partial charge in [-0.3, -0.25) is 0 Å². The Morgan fingerprint density at radius 1 is 1.06 bits per heavy atom. The van der Waals surface area contributed by atoms with E-state index in [1.54, 1.807) is 0 Å². The second-order valence-corrected chi connectivity index (χ2v) is 5.88. The fraction of sp³-hybridized carbons (Fsp3) is 0.625. The highest BCUT2D eigenvalue weighted by Crippen LogP contribution is 2.32. The first-order valence-electron chi connectivity index (χ1n) is 7.13. The Balaban J connectivity index is 2.05. The van der Waals surface area contributed by atoms with Crippen molar-refractivity contribution in [3.63, 3.8) is 0 Å². The molecule has 1 aliphatic rings. The van der Waals surface area contributed by atoms with Crippen LogP contribution in [-0.2, 0) is 0 Å². The second-order valence-electron chi connectivity index (χ2n) is 5.88. The van der Waals surface area contributed by atoms with Gasteiger partial charge in [0.1, 0.15) is 0 Å². The Morgan fingerprint density at radius 3 is 2.06 bits per heavy atom. The lowest BCUT2D eigenvalue weighted by molar-refractivity contribution is 0.0845. The second kappa shape index (κ2) is 5.85. The van der Waals surface area contributed by atoms with Crippen molar-refractivity contribution >= 4 is 0 Å². The van der Waals surface area contributed by atoms with Crippen LogP contribution < -0.4 is 5.73 Å². The van der Waals surface area contributed by atoms with Crippen molar-refractivity contribution in [1.82, 2.24) is 0 Å². The largest absolute Gasteiger partial charge is 0.391 e. The molecule has 1 saturated carbocycles. The normalized spacial score (nSPS) is 20.3. The van der Waals surface area contributed by atoms with E-state index >= 15 is 0 Å². The quantitative estimate of drug-likeness (QED) is 0.857. The van der Waals surface area contributed by atoms with Gasteiger partial charge >= 0.3 is 0 Å². The van der Waals surface area contributed by atoms with E-state index in [2.05, 4.69) is 38.1 Å². The van der Waals surface area contributed by atoms with Crippen molar-refractivity contribution in [1.29, 1.82) is 0 Å². The van der Waals surface area contributed by atoms with Crippen LogP contribution in [0.4, 0.5) is 0 Å². The molecule has 1 aromatic carbocycles. The molecule has 1 aliphatic carbocycles. The molecule has 0 heterocycles. The number of benzene rings is 1. The monoisotopic (exact) mass is 247 g/mol. The van der Waals surface area contributed by atoms with Crippen molar-refractivity contribution in [3.8, 4) is 0 Å². The Kier molecular flexibility index (Phi) is 4.41. The van der Waals surface area contributed by atoms with Crippen LogP contribution in [-0.4, -0.2) is 11.2 Å². The molecule has 0 amide bonds. The Labute approximate surface area is 110 Å². The molecule has 0 bridgehead atoms. The van der Waals surface area contributed by atoms with Crippen LogP contribution >= 0.6 is 0 Å². The molecule has 2 nitrogen and oxygen atoms in total. The summed E-state index contributed by atoms with van der Waals surface area (Å²) in [7, 11) is 0. The molecule has 2 heteroatoms. The summed E-state index contributed by atoms with van der Waals surface area (Å²) >= 11 is 0. The molecule has 1 aromatic rings. The van der Waals surface area contributed by atoms with Gasteiger partial charge in [0.2, 0.25) is 0 Å². The van der Waals surface area contributed by atoms with Gasteiger partial charge in [-0.15, -0.1) is 0 Å². The fourth-order valence-corrected chi connectivity index (χ4v) is 2.89. The molecular weight excluding hydrogens is 222 g/mol. The van der Waals surface area contributed by atoms with E-state index in [1.807, 2.05) is 0 Å². The summed E-state index contributed by atoms with van der Waals surface area (Å²) in [6.45, 7) is 4.37. The molecule has 3 N–H and O–H groups in total. The van der Waals surface area contributed by atoms with Crippen molar-refractivity contribution < 1.29 is 5.11 Å².